The first-order chi connectivity index (χ1) is 6.83. The Hall–Kier alpha value is 0.110. The van der Waals surface area contributed by atoms with Crippen LogP contribution in [0.4, 0.5) is 0 Å². The predicted octanol–water partition coefficient (Wildman–Crippen LogP) is 3.07. The minimum atomic E-state index is -2.93. The van der Waals surface area contributed by atoms with Crippen molar-refractivity contribution >= 4 is 7.60 Å². The Labute approximate surface area is 92.8 Å². The van der Waals surface area contributed by atoms with Crippen LogP contribution in [0.1, 0.15) is 34.6 Å². The molecule has 0 bridgehead atoms. The Morgan fingerprint density at radius 3 is 1.87 bits per heavy atom. The number of rotatable bonds is 7. The molecule has 0 aliphatic rings. The number of hydrogen-bond acceptors (Lipinski definition) is 4. The van der Waals surface area contributed by atoms with Crippen molar-refractivity contribution in [3.63, 3.8) is 0 Å². The van der Waals surface area contributed by atoms with Gasteiger partial charge >= 0.3 is 7.60 Å². The van der Waals surface area contributed by atoms with Gasteiger partial charge in [-0.25, -0.2) is 0 Å². The molecule has 15 heavy (non-hydrogen) atoms. The average Bonchev–Trinajstić information content (AvgIpc) is 2.01. The fourth-order valence-corrected chi connectivity index (χ4v) is 2.46. The normalized spacial score (nSPS) is 13.1. The van der Waals surface area contributed by atoms with Gasteiger partial charge in [0.25, 0.3) is 0 Å². The lowest BCUT2D eigenvalue weighted by Gasteiger charge is -2.22. The molecule has 92 valence electrons. The molecular weight excluding hydrogens is 215 g/mol. The Morgan fingerprint density at radius 2 is 1.53 bits per heavy atom. The third-order valence-electron chi connectivity index (χ3n) is 1.55. The van der Waals surface area contributed by atoms with E-state index in [9.17, 15) is 4.57 Å². The second-order valence-electron chi connectivity index (χ2n) is 4.13. The van der Waals surface area contributed by atoms with Crippen LogP contribution in [0, 0.1) is 0 Å². The highest BCUT2D eigenvalue weighted by Crippen LogP contribution is 2.47. The van der Waals surface area contributed by atoms with Gasteiger partial charge in [0.05, 0.1) is 31.6 Å². The van der Waals surface area contributed by atoms with Gasteiger partial charge in [-0.15, -0.1) is 0 Å². The molecule has 0 aliphatic heterocycles. The molecule has 0 unspecified atom stereocenters. The molecule has 0 rings (SSSR count). The van der Waals surface area contributed by atoms with Crippen molar-refractivity contribution in [2.45, 2.75) is 40.2 Å². The summed E-state index contributed by atoms with van der Waals surface area (Å²) in [5, 5.41) is 0. The Bertz CT molecular complexity index is 200. The van der Waals surface area contributed by atoms with E-state index in [4.69, 9.17) is 13.8 Å². The first kappa shape index (κ1) is 15.1. The molecule has 0 heterocycles. The summed E-state index contributed by atoms with van der Waals surface area (Å²) in [6, 6.07) is 0. The summed E-state index contributed by atoms with van der Waals surface area (Å²) in [5.74, 6) is 0. The van der Waals surface area contributed by atoms with Gasteiger partial charge in [0.1, 0.15) is 0 Å². The summed E-state index contributed by atoms with van der Waals surface area (Å²) < 4.78 is 27.7. The molecule has 0 atom stereocenters. The van der Waals surface area contributed by atoms with E-state index in [2.05, 4.69) is 0 Å². The van der Waals surface area contributed by atoms with Gasteiger partial charge in [-0.05, 0) is 34.6 Å². The van der Waals surface area contributed by atoms with Crippen molar-refractivity contribution in [3.05, 3.63) is 0 Å². The standard InChI is InChI=1S/C10H23O4P/c1-6-13-15(11,14-7-2)9-8-12-10(3,4)5/h6-9H2,1-5H3. The Morgan fingerprint density at radius 1 is 1.07 bits per heavy atom. The van der Waals surface area contributed by atoms with Gasteiger partial charge < -0.3 is 13.8 Å². The van der Waals surface area contributed by atoms with Crippen LogP contribution in [-0.4, -0.2) is 31.6 Å². The summed E-state index contributed by atoms with van der Waals surface area (Å²) in [7, 11) is -2.93. The van der Waals surface area contributed by atoms with Gasteiger partial charge in [-0.2, -0.15) is 0 Å². The molecule has 0 aromatic heterocycles. The van der Waals surface area contributed by atoms with Crippen LogP contribution < -0.4 is 0 Å². The van der Waals surface area contributed by atoms with E-state index in [0.717, 1.165) is 0 Å². The molecule has 0 saturated carbocycles. The molecule has 0 radical (unpaired) electrons. The van der Waals surface area contributed by atoms with Crippen LogP contribution in [0.2, 0.25) is 0 Å². The SMILES string of the molecule is CCOP(=O)(CCOC(C)(C)C)OCC. The Balaban J connectivity index is 4.02. The lowest BCUT2D eigenvalue weighted by atomic mass is 10.2. The fourth-order valence-electron chi connectivity index (χ4n) is 1.02. The first-order valence-corrected chi connectivity index (χ1v) is 7.08. The van der Waals surface area contributed by atoms with Gasteiger partial charge in [0, 0.05) is 0 Å². The van der Waals surface area contributed by atoms with Crippen molar-refractivity contribution in [1.29, 1.82) is 0 Å². The van der Waals surface area contributed by atoms with Crippen LogP contribution in [0.15, 0.2) is 0 Å². The van der Waals surface area contributed by atoms with Crippen LogP contribution in [0.5, 0.6) is 0 Å². The lowest BCUT2D eigenvalue weighted by molar-refractivity contribution is 0.00434. The van der Waals surface area contributed by atoms with E-state index in [1.807, 2.05) is 20.8 Å². The van der Waals surface area contributed by atoms with Gasteiger partial charge in [0.15, 0.2) is 0 Å². The average molecular weight is 238 g/mol. The quantitative estimate of drug-likeness (QED) is 0.639. The molecule has 0 saturated heterocycles. The number of ether oxygens (including phenoxy) is 1. The third-order valence-corrected chi connectivity index (χ3v) is 3.59. The van der Waals surface area contributed by atoms with E-state index in [1.54, 1.807) is 13.8 Å². The molecule has 0 spiro atoms. The lowest BCUT2D eigenvalue weighted by Crippen LogP contribution is -2.21. The largest absolute Gasteiger partial charge is 0.375 e. The third kappa shape index (κ3) is 7.97. The molecule has 0 fully saturated rings. The zero-order chi connectivity index (χ0) is 11.9. The first-order valence-electron chi connectivity index (χ1n) is 5.35. The van der Waals surface area contributed by atoms with Gasteiger partial charge in [-0.3, -0.25) is 4.57 Å². The maximum absolute atomic E-state index is 12.0. The highest BCUT2D eigenvalue weighted by Gasteiger charge is 2.24. The zero-order valence-corrected chi connectivity index (χ0v) is 11.3. The van der Waals surface area contributed by atoms with Crippen LogP contribution in [0.25, 0.3) is 0 Å². The van der Waals surface area contributed by atoms with E-state index in [0.29, 0.717) is 26.0 Å². The summed E-state index contributed by atoms with van der Waals surface area (Å²) in [6.07, 6.45) is 0.311. The van der Waals surface area contributed by atoms with Crippen LogP contribution in [-0.2, 0) is 18.3 Å². The highest BCUT2D eigenvalue weighted by molar-refractivity contribution is 7.53. The van der Waals surface area contributed by atoms with Crippen molar-refractivity contribution < 1.29 is 18.3 Å². The molecule has 0 amide bonds. The minimum Gasteiger partial charge on any atom is -0.375 e. The molecule has 4 nitrogen and oxygen atoms in total. The maximum atomic E-state index is 12.0. The van der Waals surface area contributed by atoms with Crippen molar-refractivity contribution in [1.82, 2.24) is 0 Å². The minimum absolute atomic E-state index is 0.219. The van der Waals surface area contributed by atoms with E-state index in [1.165, 1.54) is 0 Å². The van der Waals surface area contributed by atoms with Crippen LogP contribution >= 0.6 is 7.60 Å². The molecule has 0 aliphatic carbocycles. The summed E-state index contributed by atoms with van der Waals surface area (Å²) in [5.41, 5.74) is -0.219. The fraction of sp³-hybridized carbons (Fsp3) is 1.00. The molecule has 5 heteroatoms. The molecule has 0 aromatic carbocycles. The summed E-state index contributed by atoms with van der Waals surface area (Å²) in [4.78, 5) is 0. The van der Waals surface area contributed by atoms with E-state index >= 15 is 0 Å². The van der Waals surface area contributed by atoms with Crippen LogP contribution in [0.3, 0.4) is 0 Å². The number of hydrogen-bond donors (Lipinski definition) is 0. The van der Waals surface area contributed by atoms with E-state index < -0.39 is 7.60 Å². The van der Waals surface area contributed by atoms with E-state index in [-0.39, 0.29) is 5.60 Å². The summed E-state index contributed by atoms with van der Waals surface area (Å²) >= 11 is 0. The van der Waals surface area contributed by atoms with Crippen molar-refractivity contribution in [2.75, 3.05) is 26.0 Å². The maximum Gasteiger partial charge on any atom is 0.332 e. The Kier molecular flexibility index (Phi) is 6.69. The molecular formula is C10H23O4P. The smallest absolute Gasteiger partial charge is 0.332 e. The second kappa shape index (κ2) is 6.64. The zero-order valence-electron chi connectivity index (χ0n) is 10.4. The van der Waals surface area contributed by atoms with Crippen molar-refractivity contribution in [2.24, 2.45) is 0 Å². The highest BCUT2D eigenvalue weighted by atomic mass is 31.2. The van der Waals surface area contributed by atoms with Gasteiger partial charge in [0.2, 0.25) is 0 Å². The molecule has 0 aromatic rings. The predicted molar refractivity (Wildman–Crippen MR) is 61.4 cm³/mol. The second-order valence-corrected chi connectivity index (χ2v) is 6.32. The molecule has 0 N–H and O–H groups in total. The summed E-state index contributed by atoms with van der Waals surface area (Å²) in [6.45, 7) is 10.7. The van der Waals surface area contributed by atoms with Crippen molar-refractivity contribution in [3.8, 4) is 0 Å². The topological polar surface area (TPSA) is 44.8 Å². The van der Waals surface area contributed by atoms with Gasteiger partial charge in [-0.1, -0.05) is 0 Å². The monoisotopic (exact) mass is 238 g/mol.